The molecule has 0 atom stereocenters. The molecule has 1 aliphatic carbocycles. The summed E-state index contributed by atoms with van der Waals surface area (Å²) in [4.78, 5) is 4.57. The van der Waals surface area contributed by atoms with Crippen LogP contribution < -0.4 is 10.6 Å². The molecule has 2 N–H and O–H groups in total. The lowest BCUT2D eigenvalue weighted by Crippen LogP contribution is -2.08. The molecule has 4 rings (SSSR count). The lowest BCUT2D eigenvalue weighted by atomic mass is 10.0. The summed E-state index contributed by atoms with van der Waals surface area (Å²) in [5.74, 6) is 0. The standard InChI is InChI=1S/C18H17N3/c1-2-7-14(8-3-1)21-16-12-13-6-4-10-19-17(13)18-15(16)9-5-11-20-18/h2,4-9,11-12,19,21H,1,3,10H2. The van der Waals surface area contributed by atoms with E-state index < -0.39 is 0 Å². The maximum absolute atomic E-state index is 4.57. The normalized spacial score (nSPS) is 16.3. The zero-order valence-corrected chi connectivity index (χ0v) is 11.8. The summed E-state index contributed by atoms with van der Waals surface area (Å²) in [6.45, 7) is 0.860. The van der Waals surface area contributed by atoms with Gasteiger partial charge in [0, 0.05) is 35.1 Å². The monoisotopic (exact) mass is 275 g/mol. The number of nitrogens with zero attached hydrogens (tertiary/aromatic N) is 1. The Morgan fingerprint density at radius 1 is 1.14 bits per heavy atom. The SMILES string of the molecule is C1=CC(Nc2cc3c(c4ncccc24)NCC=C3)=CCC1. The van der Waals surface area contributed by atoms with Gasteiger partial charge in [0.2, 0.25) is 0 Å². The summed E-state index contributed by atoms with van der Waals surface area (Å²) < 4.78 is 0. The van der Waals surface area contributed by atoms with Gasteiger partial charge in [-0.3, -0.25) is 4.98 Å². The third-order valence-corrected chi connectivity index (χ3v) is 3.89. The van der Waals surface area contributed by atoms with Gasteiger partial charge in [-0.1, -0.05) is 24.3 Å². The zero-order chi connectivity index (χ0) is 14.1. The summed E-state index contributed by atoms with van der Waals surface area (Å²) in [6, 6.07) is 6.31. The number of pyridine rings is 1. The smallest absolute Gasteiger partial charge is 0.0960 e. The van der Waals surface area contributed by atoms with E-state index in [1.165, 1.54) is 11.3 Å². The highest BCUT2D eigenvalue weighted by Gasteiger charge is 2.13. The molecule has 1 aliphatic heterocycles. The molecule has 0 unspecified atom stereocenters. The van der Waals surface area contributed by atoms with E-state index >= 15 is 0 Å². The maximum Gasteiger partial charge on any atom is 0.0960 e. The van der Waals surface area contributed by atoms with Gasteiger partial charge >= 0.3 is 0 Å². The molecule has 2 heterocycles. The van der Waals surface area contributed by atoms with Crippen molar-refractivity contribution in [1.29, 1.82) is 0 Å². The van der Waals surface area contributed by atoms with Crippen LogP contribution in [0.15, 0.2) is 54.4 Å². The maximum atomic E-state index is 4.57. The first kappa shape index (κ1) is 12.2. The van der Waals surface area contributed by atoms with Gasteiger partial charge in [-0.25, -0.2) is 0 Å². The molecule has 2 aromatic rings. The second-order valence-corrected chi connectivity index (χ2v) is 5.34. The third kappa shape index (κ3) is 2.21. The molecule has 2 aliphatic rings. The van der Waals surface area contributed by atoms with E-state index in [1.54, 1.807) is 0 Å². The number of rotatable bonds is 2. The van der Waals surface area contributed by atoms with Crippen molar-refractivity contribution < 1.29 is 0 Å². The summed E-state index contributed by atoms with van der Waals surface area (Å²) >= 11 is 0. The highest BCUT2D eigenvalue weighted by atomic mass is 14.9. The van der Waals surface area contributed by atoms with Gasteiger partial charge in [0.05, 0.1) is 11.2 Å². The fraction of sp³-hybridized carbons (Fsp3) is 0.167. The van der Waals surface area contributed by atoms with Crippen molar-refractivity contribution in [1.82, 2.24) is 4.98 Å². The summed E-state index contributed by atoms with van der Waals surface area (Å²) in [6.07, 6.45) is 15.0. The van der Waals surface area contributed by atoms with Crippen LogP contribution in [0.2, 0.25) is 0 Å². The lowest BCUT2D eigenvalue weighted by molar-refractivity contribution is 1.02. The number of allylic oxidation sites excluding steroid dienone is 3. The topological polar surface area (TPSA) is 37.0 Å². The third-order valence-electron chi connectivity index (χ3n) is 3.89. The molecule has 0 radical (unpaired) electrons. The van der Waals surface area contributed by atoms with E-state index in [-0.39, 0.29) is 0 Å². The Bertz CT molecular complexity index is 784. The van der Waals surface area contributed by atoms with E-state index in [0.29, 0.717) is 0 Å². The van der Waals surface area contributed by atoms with Crippen molar-refractivity contribution in [2.24, 2.45) is 0 Å². The predicted molar refractivity (Wildman–Crippen MR) is 89.3 cm³/mol. The van der Waals surface area contributed by atoms with Gasteiger partial charge in [0.15, 0.2) is 0 Å². The Hall–Kier alpha value is -2.55. The highest BCUT2D eigenvalue weighted by Crippen LogP contribution is 2.35. The molecule has 3 heteroatoms. The second-order valence-electron chi connectivity index (χ2n) is 5.34. The minimum atomic E-state index is 0.860. The van der Waals surface area contributed by atoms with Gasteiger partial charge in [-0.15, -0.1) is 0 Å². The minimum absolute atomic E-state index is 0.860. The van der Waals surface area contributed by atoms with Gasteiger partial charge in [-0.05, 0) is 37.1 Å². The quantitative estimate of drug-likeness (QED) is 0.857. The van der Waals surface area contributed by atoms with Crippen molar-refractivity contribution in [3.8, 4) is 0 Å². The van der Waals surface area contributed by atoms with Gasteiger partial charge in [-0.2, -0.15) is 0 Å². The van der Waals surface area contributed by atoms with Crippen LogP contribution in [0.5, 0.6) is 0 Å². The largest absolute Gasteiger partial charge is 0.379 e. The average molecular weight is 275 g/mol. The highest BCUT2D eigenvalue weighted by molar-refractivity contribution is 6.03. The summed E-state index contributed by atoms with van der Waals surface area (Å²) in [5.41, 5.74) is 5.63. The molecule has 0 saturated carbocycles. The van der Waals surface area contributed by atoms with Crippen LogP contribution in [-0.4, -0.2) is 11.5 Å². The van der Waals surface area contributed by atoms with Crippen LogP contribution in [0.3, 0.4) is 0 Å². The first-order valence-electron chi connectivity index (χ1n) is 7.38. The van der Waals surface area contributed by atoms with Crippen molar-refractivity contribution in [3.63, 3.8) is 0 Å². The van der Waals surface area contributed by atoms with Crippen molar-refractivity contribution in [3.05, 3.63) is 60.0 Å². The van der Waals surface area contributed by atoms with E-state index in [9.17, 15) is 0 Å². The molecule has 0 bridgehead atoms. The molecule has 1 aromatic heterocycles. The predicted octanol–water partition coefficient (Wildman–Crippen LogP) is 4.32. The Morgan fingerprint density at radius 2 is 2.14 bits per heavy atom. The second kappa shape index (κ2) is 5.09. The molecule has 3 nitrogen and oxygen atoms in total. The molecule has 21 heavy (non-hydrogen) atoms. The van der Waals surface area contributed by atoms with Crippen LogP contribution in [0.4, 0.5) is 11.4 Å². The van der Waals surface area contributed by atoms with Crippen molar-refractivity contribution in [2.45, 2.75) is 12.8 Å². The molecule has 1 aromatic carbocycles. The van der Waals surface area contributed by atoms with Gasteiger partial charge in [0.25, 0.3) is 0 Å². The van der Waals surface area contributed by atoms with Crippen LogP contribution in [0, 0.1) is 0 Å². The number of fused-ring (bicyclic) bond motifs is 3. The minimum Gasteiger partial charge on any atom is -0.379 e. The molecular weight excluding hydrogens is 258 g/mol. The number of anilines is 2. The Kier molecular flexibility index (Phi) is 2.96. The Morgan fingerprint density at radius 3 is 3.05 bits per heavy atom. The molecule has 0 fully saturated rings. The van der Waals surface area contributed by atoms with E-state index in [1.807, 2.05) is 12.3 Å². The van der Waals surface area contributed by atoms with E-state index in [0.717, 1.165) is 41.7 Å². The first-order valence-corrected chi connectivity index (χ1v) is 7.38. The zero-order valence-electron chi connectivity index (χ0n) is 11.8. The number of benzene rings is 1. The Labute approximate surface area is 124 Å². The van der Waals surface area contributed by atoms with Gasteiger partial charge < -0.3 is 10.6 Å². The molecule has 104 valence electrons. The summed E-state index contributed by atoms with van der Waals surface area (Å²) in [7, 11) is 0. The number of hydrogen-bond acceptors (Lipinski definition) is 3. The average Bonchev–Trinajstić information content (AvgIpc) is 2.56. The first-order chi connectivity index (χ1) is 10.4. The number of hydrogen-bond donors (Lipinski definition) is 2. The van der Waals surface area contributed by atoms with Crippen LogP contribution in [0.25, 0.3) is 17.0 Å². The van der Waals surface area contributed by atoms with Gasteiger partial charge in [0.1, 0.15) is 0 Å². The number of nitrogens with one attached hydrogen (secondary N) is 2. The van der Waals surface area contributed by atoms with Crippen LogP contribution >= 0.6 is 0 Å². The molecule has 0 saturated heterocycles. The fourth-order valence-corrected chi connectivity index (χ4v) is 2.89. The molecular formula is C18H17N3. The fourth-order valence-electron chi connectivity index (χ4n) is 2.89. The van der Waals surface area contributed by atoms with E-state index in [4.69, 9.17) is 0 Å². The summed E-state index contributed by atoms with van der Waals surface area (Å²) in [5, 5.41) is 8.13. The van der Waals surface area contributed by atoms with Crippen molar-refractivity contribution >= 4 is 28.4 Å². The molecule has 0 amide bonds. The van der Waals surface area contributed by atoms with Crippen LogP contribution in [-0.2, 0) is 0 Å². The van der Waals surface area contributed by atoms with E-state index in [2.05, 4.69) is 58.1 Å². The molecule has 0 spiro atoms. The van der Waals surface area contributed by atoms with Crippen LogP contribution in [0.1, 0.15) is 18.4 Å². The Balaban J connectivity index is 1.87. The van der Waals surface area contributed by atoms with Crippen molar-refractivity contribution in [2.75, 3.05) is 17.2 Å². The lowest BCUT2D eigenvalue weighted by Gasteiger charge is -2.19. The number of aromatic nitrogens is 1.